The second kappa shape index (κ2) is 8.42. The average Bonchev–Trinajstić information content (AvgIpc) is 3.20. The van der Waals surface area contributed by atoms with E-state index >= 15 is 0 Å². The zero-order valence-electron chi connectivity index (χ0n) is 16.7. The summed E-state index contributed by atoms with van der Waals surface area (Å²) in [5.74, 6) is -0.278. The minimum absolute atomic E-state index is 0.0504. The van der Waals surface area contributed by atoms with Crippen LogP contribution in [0.2, 0.25) is 0 Å². The third-order valence-electron chi connectivity index (χ3n) is 4.78. The van der Waals surface area contributed by atoms with Crippen molar-refractivity contribution >= 4 is 23.4 Å². The zero-order valence-corrected chi connectivity index (χ0v) is 16.7. The van der Waals surface area contributed by atoms with Crippen LogP contribution >= 0.6 is 0 Å². The predicted molar refractivity (Wildman–Crippen MR) is 110 cm³/mol. The van der Waals surface area contributed by atoms with Crippen molar-refractivity contribution in [2.45, 2.75) is 39.0 Å². The van der Waals surface area contributed by atoms with E-state index in [9.17, 15) is 9.59 Å². The van der Waals surface area contributed by atoms with E-state index in [1.807, 2.05) is 24.3 Å². The molecule has 0 radical (unpaired) electrons. The Balaban J connectivity index is 1.57. The van der Waals surface area contributed by atoms with E-state index in [2.05, 4.69) is 36.0 Å². The normalized spacial score (nSPS) is 14.0. The molecule has 1 aliphatic heterocycles. The van der Waals surface area contributed by atoms with Crippen LogP contribution in [0.3, 0.4) is 0 Å². The fraction of sp³-hybridized carbons (Fsp3) is 0.409. The summed E-state index contributed by atoms with van der Waals surface area (Å²) in [5, 5.41) is 2.75. The minimum atomic E-state index is -0.534. The number of hydrogen-bond acceptors (Lipinski definition) is 5. The van der Waals surface area contributed by atoms with Crippen LogP contribution in [0, 0.1) is 0 Å². The number of amides is 1. The van der Waals surface area contributed by atoms with E-state index in [1.165, 1.54) is 5.56 Å². The molecule has 1 aromatic carbocycles. The Morgan fingerprint density at radius 1 is 1.11 bits per heavy atom. The van der Waals surface area contributed by atoms with Gasteiger partial charge in [0.2, 0.25) is 0 Å². The lowest BCUT2D eigenvalue weighted by Crippen LogP contribution is -2.25. The zero-order chi connectivity index (χ0) is 20.1. The third kappa shape index (κ3) is 4.88. The molecule has 1 aromatic heterocycles. The first-order valence-electron chi connectivity index (χ1n) is 9.62. The first-order valence-corrected chi connectivity index (χ1v) is 9.62. The van der Waals surface area contributed by atoms with Gasteiger partial charge < -0.3 is 15.0 Å². The molecule has 1 saturated heterocycles. The number of aromatic nitrogens is 1. The Labute approximate surface area is 165 Å². The Morgan fingerprint density at radius 2 is 1.79 bits per heavy atom. The highest BCUT2D eigenvalue weighted by molar-refractivity contribution is 5.98. The number of carbonyl (C=O) groups is 2. The maximum Gasteiger partial charge on any atom is 0.342 e. The van der Waals surface area contributed by atoms with E-state index in [4.69, 9.17) is 4.74 Å². The molecular formula is C22H27N3O3. The Hall–Kier alpha value is -2.89. The van der Waals surface area contributed by atoms with Crippen LogP contribution in [0.4, 0.5) is 11.5 Å². The summed E-state index contributed by atoms with van der Waals surface area (Å²) in [4.78, 5) is 31.0. The van der Waals surface area contributed by atoms with Crippen molar-refractivity contribution < 1.29 is 14.3 Å². The van der Waals surface area contributed by atoms with Crippen molar-refractivity contribution in [3.63, 3.8) is 0 Å². The van der Waals surface area contributed by atoms with Gasteiger partial charge in [-0.3, -0.25) is 4.79 Å². The number of anilines is 2. The quantitative estimate of drug-likeness (QED) is 0.798. The number of nitrogens with one attached hydrogen (secondary N) is 1. The molecule has 1 N–H and O–H groups in total. The van der Waals surface area contributed by atoms with Gasteiger partial charge in [-0.2, -0.15) is 0 Å². The lowest BCUT2D eigenvalue weighted by Gasteiger charge is -2.19. The van der Waals surface area contributed by atoms with Crippen LogP contribution in [0.1, 0.15) is 49.5 Å². The van der Waals surface area contributed by atoms with Gasteiger partial charge in [0.05, 0.1) is 0 Å². The second-order valence-electron chi connectivity index (χ2n) is 8.02. The van der Waals surface area contributed by atoms with E-state index < -0.39 is 5.97 Å². The van der Waals surface area contributed by atoms with Gasteiger partial charge in [0, 0.05) is 25.0 Å². The van der Waals surface area contributed by atoms with Gasteiger partial charge in [0.1, 0.15) is 11.4 Å². The third-order valence-corrected chi connectivity index (χ3v) is 4.78. The highest BCUT2D eigenvalue weighted by atomic mass is 16.5. The molecule has 0 aliphatic carbocycles. The van der Waals surface area contributed by atoms with E-state index in [0.717, 1.165) is 25.9 Å². The smallest absolute Gasteiger partial charge is 0.342 e. The van der Waals surface area contributed by atoms with Gasteiger partial charge >= 0.3 is 5.97 Å². The van der Waals surface area contributed by atoms with Crippen LogP contribution in [-0.4, -0.2) is 36.6 Å². The van der Waals surface area contributed by atoms with Gasteiger partial charge in [0.25, 0.3) is 5.91 Å². The van der Waals surface area contributed by atoms with E-state index in [-0.39, 0.29) is 17.9 Å². The van der Waals surface area contributed by atoms with Crippen LogP contribution < -0.4 is 10.2 Å². The average molecular weight is 381 g/mol. The highest BCUT2D eigenvalue weighted by Crippen LogP contribution is 2.24. The van der Waals surface area contributed by atoms with Crippen LogP contribution in [0.25, 0.3) is 0 Å². The summed E-state index contributed by atoms with van der Waals surface area (Å²) in [6, 6.07) is 11.1. The molecule has 148 valence electrons. The molecular weight excluding hydrogens is 354 g/mol. The topological polar surface area (TPSA) is 71.5 Å². The molecule has 2 heterocycles. The number of carbonyl (C=O) groups excluding carboxylic acids is 2. The van der Waals surface area contributed by atoms with Gasteiger partial charge in [-0.1, -0.05) is 32.9 Å². The molecule has 1 amide bonds. The summed E-state index contributed by atoms with van der Waals surface area (Å²) < 4.78 is 5.22. The van der Waals surface area contributed by atoms with Gasteiger partial charge in [-0.15, -0.1) is 0 Å². The van der Waals surface area contributed by atoms with Crippen molar-refractivity contribution in [3.05, 3.63) is 53.7 Å². The van der Waals surface area contributed by atoms with Crippen molar-refractivity contribution in [1.29, 1.82) is 0 Å². The summed E-state index contributed by atoms with van der Waals surface area (Å²) in [5.41, 5.74) is 2.30. The number of pyridine rings is 1. The van der Waals surface area contributed by atoms with E-state index in [0.29, 0.717) is 17.1 Å². The van der Waals surface area contributed by atoms with Crippen molar-refractivity contribution in [1.82, 2.24) is 4.98 Å². The maximum atomic E-state index is 12.5. The first-order chi connectivity index (χ1) is 13.3. The summed E-state index contributed by atoms with van der Waals surface area (Å²) in [7, 11) is 0. The largest absolute Gasteiger partial charge is 0.452 e. The Bertz CT molecular complexity index is 835. The number of esters is 1. The number of nitrogens with zero attached hydrogens (tertiary/aromatic N) is 2. The fourth-order valence-electron chi connectivity index (χ4n) is 3.20. The highest BCUT2D eigenvalue weighted by Gasteiger charge is 2.22. The molecule has 1 aliphatic rings. The van der Waals surface area contributed by atoms with Crippen LogP contribution in [-0.2, 0) is 14.9 Å². The molecule has 0 spiro atoms. The van der Waals surface area contributed by atoms with Gasteiger partial charge in [-0.05, 0) is 48.1 Å². The molecule has 3 rings (SSSR count). The van der Waals surface area contributed by atoms with Crippen LogP contribution in [0.15, 0.2) is 42.6 Å². The molecule has 0 bridgehead atoms. The number of rotatable bonds is 5. The summed E-state index contributed by atoms with van der Waals surface area (Å²) in [6.45, 7) is 7.82. The molecule has 0 saturated carbocycles. The SMILES string of the molecule is CC(C)(C)c1ccc(NC(=O)COC(=O)c2cccnc2N2CCCC2)cc1. The minimum Gasteiger partial charge on any atom is -0.452 e. The standard InChI is InChI=1S/C22H27N3O3/c1-22(2,3)16-8-10-17(11-9-16)24-19(26)15-28-21(27)18-7-6-12-23-20(18)25-13-4-5-14-25/h6-12H,4-5,13-15H2,1-3H3,(H,24,26). The Kier molecular flexibility index (Phi) is 5.97. The van der Waals surface area contributed by atoms with Gasteiger partial charge in [-0.25, -0.2) is 9.78 Å². The molecule has 28 heavy (non-hydrogen) atoms. The molecule has 6 heteroatoms. The molecule has 0 unspecified atom stereocenters. The predicted octanol–water partition coefficient (Wildman–Crippen LogP) is 3.77. The number of hydrogen-bond donors (Lipinski definition) is 1. The molecule has 6 nitrogen and oxygen atoms in total. The van der Waals surface area contributed by atoms with Crippen molar-refractivity contribution in [2.24, 2.45) is 0 Å². The lowest BCUT2D eigenvalue weighted by atomic mass is 9.87. The number of benzene rings is 1. The fourth-order valence-corrected chi connectivity index (χ4v) is 3.20. The lowest BCUT2D eigenvalue weighted by molar-refractivity contribution is -0.119. The monoisotopic (exact) mass is 381 g/mol. The summed E-state index contributed by atoms with van der Waals surface area (Å²) in [6.07, 6.45) is 3.83. The molecule has 1 fully saturated rings. The van der Waals surface area contributed by atoms with Crippen molar-refractivity contribution in [2.75, 3.05) is 29.9 Å². The first kappa shape index (κ1) is 19.9. The van der Waals surface area contributed by atoms with Gasteiger partial charge in [0.15, 0.2) is 6.61 Å². The molecule has 0 atom stereocenters. The van der Waals surface area contributed by atoms with Crippen molar-refractivity contribution in [3.8, 4) is 0 Å². The second-order valence-corrected chi connectivity index (χ2v) is 8.02. The van der Waals surface area contributed by atoms with Crippen LogP contribution in [0.5, 0.6) is 0 Å². The summed E-state index contributed by atoms with van der Waals surface area (Å²) >= 11 is 0. The maximum absolute atomic E-state index is 12.5. The molecule has 2 aromatic rings. The Morgan fingerprint density at radius 3 is 2.43 bits per heavy atom. The van der Waals surface area contributed by atoms with E-state index in [1.54, 1.807) is 18.3 Å². The number of ether oxygens (including phenoxy) is 1.